The second-order valence-corrected chi connectivity index (χ2v) is 5.16. The standard InChI is InChI=1S/C15H20O2/c16-14(17)15(10-6-1-2-7-11-15)12-13-8-4-3-5-9-13/h3-5,8-9H,1-2,6-7,10-12H2,(H,16,17). The van der Waals surface area contributed by atoms with Gasteiger partial charge in [-0.3, -0.25) is 4.79 Å². The molecule has 0 unspecified atom stereocenters. The van der Waals surface area contributed by atoms with Crippen molar-refractivity contribution in [3.8, 4) is 0 Å². The second kappa shape index (κ2) is 5.35. The third kappa shape index (κ3) is 2.87. The van der Waals surface area contributed by atoms with Gasteiger partial charge in [0.25, 0.3) is 0 Å². The molecule has 1 aliphatic rings. The van der Waals surface area contributed by atoms with E-state index < -0.39 is 11.4 Å². The van der Waals surface area contributed by atoms with Gasteiger partial charge in [-0.2, -0.15) is 0 Å². The zero-order valence-corrected chi connectivity index (χ0v) is 10.2. The summed E-state index contributed by atoms with van der Waals surface area (Å²) in [7, 11) is 0. The minimum Gasteiger partial charge on any atom is -0.481 e. The molecule has 0 aromatic heterocycles. The minimum absolute atomic E-state index is 0.516. The van der Waals surface area contributed by atoms with Crippen LogP contribution in [0.3, 0.4) is 0 Å². The van der Waals surface area contributed by atoms with E-state index in [1.807, 2.05) is 30.3 Å². The zero-order chi connectivity index (χ0) is 12.1. The van der Waals surface area contributed by atoms with Crippen LogP contribution < -0.4 is 0 Å². The summed E-state index contributed by atoms with van der Waals surface area (Å²) in [6, 6.07) is 10.0. The van der Waals surface area contributed by atoms with Crippen molar-refractivity contribution in [2.45, 2.75) is 44.9 Å². The number of carbonyl (C=O) groups is 1. The van der Waals surface area contributed by atoms with E-state index in [0.29, 0.717) is 6.42 Å². The Morgan fingerprint density at radius 1 is 1.06 bits per heavy atom. The quantitative estimate of drug-likeness (QED) is 0.808. The Morgan fingerprint density at radius 2 is 1.65 bits per heavy atom. The van der Waals surface area contributed by atoms with Crippen LogP contribution in [0.4, 0.5) is 0 Å². The van der Waals surface area contributed by atoms with E-state index in [2.05, 4.69) is 0 Å². The summed E-state index contributed by atoms with van der Waals surface area (Å²) in [5.74, 6) is -0.608. The predicted octanol–water partition coefficient (Wildman–Crippen LogP) is 3.65. The first-order valence-corrected chi connectivity index (χ1v) is 6.50. The van der Waals surface area contributed by atoms with Crippen molar-refractivity contribution in [1.82, 2.24) is 0 Å². The molecule has 2 heteroatoms. The lowest BCUT2D eigenvalue weighted by molar-refractivity contribution is -0.149. The lowest BCUT2D eigenvalue weighted by Gasteiger charge is -2.28. The number of carboxylic acids is 1. The van der Waals surface area contributed by atoms with Crippen LogP contribution in [-0.2, 0) is 11.2 Å². The van der Waals surface area contributed by atoms with Gasteiger partial charge in [0.15, 0.2) is 0 Å². The molecule has 0 atom stereocenters. The Hall–Kier alpha value is -1.31. The molecular weight excluding hydrogens is 212 g/mol. The molecule has 2 rings (SSSR count). The van der Waals surface area contributed by atoms with Crippen LogP contribution in [0.2, 0.25) is 0 Å². The van der Waals surface area contributed by atoms with E-state index >= 15 is 0 Å². The molecule has 1 aromatic rings. The monoisotopic (exact) mass is 232 g/mol. The van der Waals surface area contributed by atoms with E-state index in [0.717, 1.165) is 31.2 Å². The first-order valence-electron chi connectivity index (χ1n) is 6.50. The van der Waals surface area contributed by atoms with Gasteiger partial charge in [0.05, 0.1) is 5.41 Å². The normalized spacial score (nSPS) is 19.5. The highest BCUT2D eigenvalue weighted by atomic mass is 16.4. The van der Waals surface area contributed by atoms with Crippen molar-refractivity contribution in [2.24, 2.45) is 5.41 Å². The Morgan fingerprint density at radius 3 is 2.18 bits per heavy atom. The fourth-order valence-electron chi connectivity index (χ4n) is 2.86. The van der Waals surface area contributed by atoms with Crippen molar-refractivity contribution in [1.29, 1.82) is 0 Å². The van der Waals surface area contributed by atoms with Crippen molar-refractivity contribution >= 4 is 5.97 Å². The maximum atomic E-state index is 11.6. The largest absolute Gasteiger partial charge is 0.481 e. The molecule has 1 aromatic carbocycles. The summed E-state index contributed by atoms with van der Waals surface area (Å²) in [5.41, 5.74) is 0.634. The number of rotatable bonds is 3. The van der Waals surface area contributed by atoms with Gasteiger partial charge in [0, 0.05) is 0 Å². The maximum absolute atomic E-state index is 11.6. The van der Waals surface area contributed by atoms with Crippen LogP contribution in [0, 0.1) is 5.41 Å². The van der Waals surface area contributed by atoms with Crippen LogP contribution in [0.1, 0.15) is 44.1 Å². The van der Waals surface area contributed by atoms with Crippen molar-refractivity contribution in [2.75, 3.05) is 0 Å². The summed E-state index contributed by atoms with van der Waals surface area (Å²) in [4.78, 5) is 11.6. The molecule has 0 radical (unpaired) electrons. The Labute approximate surface area is 103 Å². The van der Waals surface area contributed by atoms with Crippen molar-refractivity contribution < 1.29 is 9.90 Å². The van der Waals surface area contributed by atoms with E-state index in [1.165, 1.54) is 12.8 Å². The van der Waals surface area contributed by atoms with Gasteiger partial charge in [0.1, 0.15) is 0 Å². The molecule has 0 saturated heterocycles. The Balaban J connectivity index is 2.19. The van der Waals surface area contributed by atoms with Crippen molar-refractivity contribution in [3.05, 3.63) is 35.9 Å². The third-order valence-electron chi connectivity index (χ3n) is 3.90. The molecule has 0 bridgehead atoms. The van der Waals surface area contributed by atoms with Gasteiger partial charge in [-0.1, -0.05) is 56.0 Å². The van der Waals surface area contributed by atoms with Gasteiger partial charge in [-0.15, -0.1) is 0 Å². The Kier molecular flexibility index (Phi) is 3.82. The van der Waals surface area contributed by atoms with Crippen LogP contribution in [-0.4, -0.2) is 11.1 Å². The molecular formula is C15H20O2. The molecule has 0 amide bonds. The van der Waals surface area contributed by atoms with Crippen LogP contribution in [0.5, 0.6) is 0 Å². The number of hydrogen-bond acceptors (Lipinski definition) is 1. The topological polar surface area (TPSA) is 37.3 Å². The smallest absolute Gasteiger partial charge is 0.309 e. The highest BCUT2D eigenvalue weighted by molar-refractivity contribution is 5.75. The lowest BCUT2D eigenvalue weighted by Crippen LogP contribution is -2.32. The summed E-state index contributed by atoms with van der Waals surface area (Å²) in [5, 5.41) is 9.58. The van der Waals surface area contributed by atoms with E-state index in [1.54, 1.807) is 0 Å². The van der Waals surface area contributed by atoms with Crippen LogP contribution in [0.25, 0.3) is 0 Å². The first-order chi connectivity index (χ1) is 8.23. The second-order valence-electron chi connectivity index (χ2n) is 5.16. The van der Waals surface area contributed by atoms with Gasteiger partial charge in [0.2, 0.25) is 0 Å². The van der Waals surface area contributed by atoms with Gasteiger partial charge in [-0.25, -0.2) is 0 Å². The fourth-order valence-corrected chi connectivity index (χ4v) is 2.86. The van der Waals surface area contributed by atoms with Crippen LogP contribution >= 0.6 is 0 Å². The van der Waals surface area contributed by atoms with E-state index in [9.17, 15) is 9.90 Å². The SMILES string of the molecule is O=C(O)C1(Cc2ccccc2)CCCCCC1. The van der Waals surface area contributed by atoms with Crippen LogP contribution in [0.15, 0.2) is 30.3 Å². The van der Waals surface area contributed by atoms with Crippen molar-refractivity contribution in [3.63, 3.8) is 0 Å². The molecule has 17 heavy (non-hydrogen) atoms. The first kappa shape index (κ1) is 12.2. The summed E-state index contributed by atoms with van der Waals surface area (Å²) in [6.45, 7) is 0. The Bertz CT molecular complexity index is 362. The molecule has 1 aliphatic carbocycles. The molecule has 92 valence electrons. The fraction of sp³-hybridized carbons (Fsp3) is 0.533. The minimum atomic E-state index is -0.608. The zero-order valence-electron chi connectivity index (χ0n) is 10.2. The lowest BCUT2D eigenvalue weighted by atomic mass is 9.75. The summed E-state index contributed by atoms with van der Waals surface area (Å²) < 4.78 is 0. The third-order valence-corrected chi connectivity index (χ3v) is 3.90. The van der Waals surface area contributed by atoms with E-state index in [4.69, 9.17) is 0 Å². The highest BCUT2D eigenvalue weighted by Gasteiger charge is 2.38. The average Bonchev–Trinajstić information content (AvgIpc) is 2.57. The molecule has 1 fully saturated rings. The van der Waals surface area contributed by atoms with Gasteiger partial charge in [-0.05, 0) is 24.8 Å². The van der Waals surface area contributed by atoms with E-state index in [-0.39, 0.29) is 0 Å². The number of carboxylic acid groups (broad SMARTS) is 1. The molecule has 1 saturated carbocycles. The maximum Gasteiger partial charge on any atom is 0.309 e. The number of aliphatic carboxylic acids is 1. The molecule has 2 nitrogen and oxygen atoms in total. The number of hydrogen-bond donors (Lipinski definition) is 1. The number of benzene rings is 1. The summed E-state index contributed by atoms with van der Waals surface area (Å²) in [6.07, 6.45) is 6.82. The molecule has 0 aliphatic heterocycles. The molecule has 0 spiro atoms. The van der Waals surface area contributed by atoms with Gasteiger partial charge >= 0.3 is 5.97 Å². The molecule has 0 heterocycles. The van der Waals surface area contributed by atoms with Gasteiger partial charge < -0.3 is 5.11 Å². The molecule has 1 N–H and O–H groups in total. The highest BCUT2D eigenvalue weighted by Crippen LogP contribution is 2.38. The average molecular weight is 232 g/mol. The summed E-state index contributed by atoms with van der Waals surface area (Å²) >= 11 is 0. The predicted molar refractivity (Wildman–Crippen MR) is 67.9 cm³/mol.